The molecule has 1 N–H and O–H groups in total. The molecule has 0 spiro atoms. The third kappa shape index (κ3) is 3.78. The molecule has 0 aliphatic rings. The van der Waals surface area contributed by atoms with Gasteiger partial charge in [0.25, 0.3) is 5.91 Å². The van der Waals surface area contributed by atoms with Crippen molar-refractivity contribution in [3.63, 3.8) is 0 Å². The maximum atomic E-state index is 13.7. The van der Waals surface area contributed by atoms with Crippen LogP contribution in [0.5, 0.6) is 5.75 Å². The lowest BCUT2D eigenvalue weighted by atomic mass is 10.0. The second-order valence-corrected chi connectivity index (χ2v) is 5.99. The smallest absolute Gasteiger partial charge is 0.339 e. The molecule has 1 atom stereocenters. The predicted molar refractivity (Wildman–Crippen MR) is 100 cm³/mol. The molecule has 0 aliphatic carbocycles. The van der Waals surface area contributed by atoms with Crippen molar-refractivity contribution in [2.75, 3.05) is 12.4 Å². The fourth-order valence-electron chi connectivity index (χ4n) is 2.75. The van der Waals surface area contributed by atoms with Crippen LogP contribution in [0.1, 0.15) is 17.3 Å². The summed E-state index contributed by atoms with van der Waals surface area (Å²) in [6.07, 6.45) is -1.27. The number of methoxy groups -OCH3 is 1. The average Bonchev–Trinajstić information content (AvgIpc) is 2.69. The van der Waals surface area contributed by atoms with Gasteiger partial charge in [-0.15, -0.1) is 0 Å². The minimum absolute atomic E-state index is 0.244. The minimum atomic E-state index is -1.27. The fraction of sp³-hybridized carbons (Fsp3) is 0.143. The van der Waals surface area contributed by atoms with E-state index in [4.69, 9.17) is 9.47 Å². The Morgan fingerprint density at radius 1 is 0.929 bits per heavy atom. The number of para-hydroxylation sites is 1. The Labute approximate surface area is 159 Å². The highest BCUT2D eigenvalue weighted by Crippen LogP contribution is 2.29. The van der Waals surface area contributed by atoms with Crippen molar-refractivity contribution >= 4 is 28.3 Å². The van der Waals surface area contributed by atoms with Crippen LogP contribution in [0, 0.1) is 11.6 Å². The molecule has 28 heavy (non-hydrogen) atoms. The van der Waals surface area contributed by atoms with Gasteiger partial charge in [-0.25, -0.2) is 13.6 Å². The first-order chi connectivity index (χ1) is 13.4. The van der Waals surface area contributed by atoms with E-state index in [1.807, 2.05) is 0 Å². The summed E-state index contributed by atoms with van der Waals surface area (Å²) in [5.41, 5.74) is -0.349. The van der Waals surface area contributed by atoms with Gasteiger partial charge in [-0.05, 0) is 36.6 Å². The third-order valence-corrected chi connectivity index (χ3v) is 4.19. The highest BCUT2D eigenvalue weighted by Gasteiger charge is 2.23. The molecule has 5 nitrogen and oxygen atoms in total. The van der Waals surface area contributed by atoms with Gasteiger partial charge in [0.1, 0.15) is 23.1 Å². The predicted octanol–water partition coefficient (Wildman–Crippen LogP) is 4.31. The molecular weight excluding hydrogens is 368 g/mol. The van der Waals surface area contributed by atoms with Crippen molar-refractivity contribution in [2.24, 2.45) is 0 Å². The molecule has 0 radical (unpaired) electrons. The Balaban J connectivity index is 1.79. The van der Waals surface area contributed by atoms with E-state index in [2.05, 4.69) is 5.32 Å². The van der Waals surface area contributed by atoms with Crippen molar-refractivity contribution in [3.8, 4) is 5.75 Å². The number of carbonyl (C=O) groups is 2. The topological polar surface area (TPSA) is 64.6 Å². The molecule has 0 heterocycles. The van der Waals surface area contributed by atoms with Crippen LogP contribution in [0.4, 0.5) is 14.5 Å². The summed E-state index contributed by atoms with van der Waals surface area (Å²) in [6, 6.07) is 13.4. The maximum absolute atomic E-state index is 13.7. The van der Waals surface area contributed by atoms with Crippen LogP contribution >= 0.6 is 0 Å². The zero-order chi connectivity index (χ0) is 20.3. The van der Waals surface area contributed by atoms with Gasteiger partial charge in [-0.1, -0.05) is 30.3 Å². The van der Waals surface area contributed by atoms with Crippen molar-refractivity contribution < 1.29 is 27.8 Å². The lowest BCUT2D eigenvalue weighted by molar-refractivity contribution is -0.123. The van der Waals surface area contributed by atoms with Crippen LogP contribution in [0.15, 0.2) is 54.6 Å². The number of ether oxygens (including phenoxy) is 2. The molecule has 0 aromatic heterocycles. The molecule has 7 heteroatoms. The number of anilines is 1. The highest BCUT2D eigenvalue weighted by atomic mass is 19.1. The monoisotopic (exact) mass is 385 g/mol. The molecule has 0 unspecified atom stereocenters. The van der Waals surface area contributed by atoms with Crippen molar-refractivity contribution in [1.82, 2.24) is 0 Å². The largest absolute Gasteiger partial charge is 0.496 e. The molecule has 0 bridgehead atoms. The number of halogens is 2. The molecule has 3 rings (SSSR count). The van der Waals surface area contributed by atoms with Crippen molar-refractivity contribution in [3.05, 3.63) is 71.8 Å². The third-order valence-electron chi connectivity index (χ3n) is 4.19. The summed E-state index contributed by atoms with van der Waals surface area (Å²) in [6.45, 7) is 1.32. The van der Waals surface area contributed by atoms with Crippen LogP contribution in [0.2, 0.25) is 0 Å². The first kappa shape index (κ1) is 19.3. The molecular formula is C21H17F2NO4. The fourth-order valence-corrected chi connectivity index (χ4v) is 2.75. The number of hydrogen-bond acceptors (Lipinski definition) is 4. The number of esters is 1. The minimum Gasteiger partial charge on any atom is -0.496 e. The molecule has 1 amide bonds. The number of nitrogens with one attached hydrogen (secondary N) is 1. The summed E-state index contributed by atoms with van der Waals surface area (Å²) in [5, 5.41) is 3.41. The number of amides is 1. The Kier molecular flexibility index (Phi) is 5.54. The Hall–Kier alpha value is -3.48. The van der Waals surface area contributed by atoms with E-state index in [1.54, 1.807) is 30.3 Å². The van der Waals surface area contributed by atoms with E-state index >= 15 is 0 Å². The van der Waals surface area contributed by atoms with E-state index in [9.17, 15) is 18.4 Å². The summed E-state index contributed by atoms with van der Waals surface area (Å²) < 4.78 is 37.8. The van der Waals surface area contributed by atoms with Gasteiger partial charge in [0.05, 0.1) is 12.7 Å². The summed E-state index contributed by atoms with van der Waals surface area (Å²) in [4.78, 5) is 24.8. The van der Waals surface area contributed by atoms with Crippen molar-refractivity contribution in [1.29, 1.82) is 0 Å². The van der Waals surface area contributed by atoms with Gasteiger partial charge in [0.15, 0.2) is 6.10 Å². The summed E-state index contributed by atoms with van der Waals surface area (Å²) >= 11 is 0. The number of rotatable bonds is 5. The normalized spacial score (nSPS) is 11.7. The van der Waals surface area contributed by atoms with Crippen LogP contribution in [-0.2, 0) is 9.53 Å². The summed E-state index contributed by atoms with van der Waals surface area (Å²) in [5.74, 6) is -2.85. The number of carbonyl (C=O) groups excluding carboxylic acids is 2. The number of hydrogen-bond donors (Lipinski definition) is 1. The molecule has 3 aromatic rings. The number of benzene rings is 3. The van der Waals surface area contributed by atoms with Crippen LogP contribution < -0.4 is 10.1 Å². The lowest BCUT2D eigenvalue weighted by Gasteiger charge is -2.15. The molecule has 0 saturated carbocycles. The Morgan fingerprint density at radius 2 is 1.57 bits per heavy atom. The zero-order valence-electron chi connectivity index (χ0n) is 15.2. The van der Waals surface area contributed by atoms with Crippen LogP contribution in [0.3, 0.4) is 0 Å². The first-order valence-corrected chi connectivity index (χ1v) is 8.44. The highest BCUT2D eigenvalue weighted by molar-refractivity contribution is 6.07. The molecule has 0 aliphatic heterocycles. The van der Waals surface area contributed by atoms with Gasteiger partial charge < -0.3 is 14.8 Å². The van der Waals surface area contributed by atoms with Gasteiger partial charge in [0, 0.05) is 5.39 Å². The SMILES string of the molecule is COc1ccc(C(=O)O[C@@H](C)C(=O)Nc2c(F)cccc2F)c2ccccc12. The first-order valence-electron chi connectivity index (χ1n) is 8.44. The number of fused-ring (bicyclic) bond motifs is 1. The zero-order valence-corrected chi connectivity index (χ0v) is 15.2. The quantitative estimate of drug-likeness (QED) is 0.665. The van der Waals surface area contributed by atoms with E-state index in [1.165, 1.54) is 26.2 Å². The lowest BCUT2D eigenvalue weighted by Crippen LogP contribution is -2.30. The molecule has 0 fully saturated rings. The Morgan fingerprint density at radius 3 is 2.21 bits per heavy atom. The van der Waals surface area contributed by atoms with Gasteiger partial charge in [0.2, 0.25) is 0 Å². The maximum Gasteiger partial charge on any atom is 0.339 e. The molecule has 3 aromatic carbocycles. The summed E-state index contributed by atoms with van der Waals surface area (Å²) in [7, 11) is 1.52. The standard InChI is InChI=1S/C21H17F2NO4/c1-12(20(25)24-19-16(22)8-5-9-17(19)23)28-21(26)15-10-11-18(27-2)14-7-4-3-6-13(14)15/h3-12H,1-2H3,(H,24,25)/t12-/m0/s1. The average molecular weight is 385 g/mol. The van der Waals surface area contributed by atoms with E-state index < -0.39 is 35.3 Å². The second-order valence-electron chi connectivity index (χ2n) is 5.99. The van der Waals surface area contributed by atoms with E-state index in [0.717, 1.165) is 12.1 Å². The Bertz CT molecular complexity index is 1030. The molecule has 0 saturated heterocycles. The van der Waals surface area contributed by atoms with Gasteiger partial charge in [-0.2, -0.15) is 0 Å². The molecule has 144 valence electrons. The van der Waals surface area contributed by atoms with E-state index in [0.29, 0.717) is 16.5 Å². The van der Waals surface area contributed by atoms with Crippen LogP contribution in [-0.4, -0.2) is 25.1 Å². The van der Waals surface area contributed by atoms with Crippen LogP contribution in [0.25, 0.3) is 10.8 Å². The second kappa shape index (κ2) is 8.04. The van der Waals surface area contributed by atoms with E-state index in [-0.39, 0.29) is 5.56 Å². The van der Waals surface area contributed by atoms with Gasteiger partial charge >= 0.3 is 5.97 Å². The van der Waals surface area contributed by atoms with Crippen molar-refractivity contribution in [2.45, 2.75) is 13.0 Å². The van der Waals surface area contributed by atoms with Gasteiger partial charge in [-0.3, -0.25) is 4.79 Å².